The molecule has 12 rings (SSSR count). The molecule has 2 heterocycles. The van der Waals surface area contributed by atoms with Crippen LogP contribution in [0, 0.1) is 0 Å². The number of rotatable bonds is 4. The van der Waals surface area contributed by atoms with Gasteiger partial charge in [-0.15, -0.1) is 0 Å². The van der Waals surface area contributed by atoms with Crippen molar-refractivity contribution < 1.29 is 4.42 Å². The molecule has 0 bridgehead atoms. The van der Waals surface area contributed by atoms with E-state index < -0.39 is 0 Å². The van der Waals surface area contributed by atoms with E-state index in [-0.39, 0.29) is 5.41 Å². The molecule has 1 aliphatic carbocycles. The fraction of sp³-hybridized carbons (Fsp3) is 0.0566. The second-order valence-corrected chi connectivity index (χ2v) is 15.9. The van der Waals surface area contributed by atoms with Gasteiger partial charge in [0.2, 0.25) is 5.89 Å². The van der Waals surface area contributed by atoms with Crippen molar-refractivity contribution in [2.24, 2.45) is 0 Å². The second-order valence-electron chi connectivity index (χ2n) is 15.9. The molecule has 0 saturated carbocycles. The second kappa shape index (κ2) is 12.2. The molecular weight excluding hydrogens is 709 g/mol. The first kappa shape index (κ1) is 32.7. The van der Waals surface area contributed by atoms with Crippen LogP contribution < -0.4 is 0 Å². The van der Waals surface area contributed by atoms with E-state index in [9.17, 15) is 0 Å². The predicted molar refractivity (Wildman–Crippen MR) is 237 cm³/mol. The molecular formula is C53H34N4O. The molecule has 0 atom stereocenters. The Kier molecular flexibility index (Phi) is 6.91. The molecule has 5 nitrogen and oxygen atoms in total. The third kappa shape index (κ3) is 4.96. The minimum Gasteiger partial charge on any atom is -0.435 e. The van der Waals surface area contributed by atoms with Crippen molar-refractivity contribution in [2.45, 2.75) is 19.3 Å². The van der Waals surface area contributed by atoms with Crippen molar-refractivity contribution in [2.75, 3.05) is 0 Å². The summed E-state index contributed by atoms with van der Waals surface area (Å²) in [7, 11) is 0. The van der Waals surface area contributed by atoms with Crippen LogP contribution in [-0.4, -0.2) is 19.9 Å². The average molecular weight is 743 g/mol. The van der Waals surface area contributed by atoms with Crippen LogP contribution in [-0.2, 0) is 5.41 Å². The standard InChI is InChI=1S/C53H34N4O/c1-53(2)43-15-9-8-14-41(43)42-26-23-39(30-44(42)53)51-56-49(37-21-16-31-10-6-7-13-35(31)28-37)55-50(57-51)38-22-25-40-36(29-38)20-19-32-17-18-33-24-27-45-48(47(33)46(32)40)58-52(54-45)34-11-4-3-5-12-34/h3-30H,1-2H3. The summed E-state index contributed by atoms with van der Waals surface area (Å²) in [5, 5.41) is 8.97. The summed E-state index contributed by atoms with van der Waals surface area (Å²) >= 11 is 0. The Morgan fingerprint density at radius 3 is 1.76 bits per heavy atom. The zero-order valence-corrected chi connectivity index (χ0v) is 31.9. The summed E-state index contributed by atoms with van der Waals surface area (Å²) < 4.78 is 6.58. The van der Waals surface area contributed by atoms with E-state index in [1.165, 1.54) is 27.6 Å². The first-order valence-corrected chi connectivity index (χ1v) is 19.7. The highest BCUT2D eigenvalue weighted by atomic mass is 16.3. The Labute approximate surface area is 334 Å². The summed E-state index contributed by atoms with van der Waals surface area (Å²) in [6.07, 6.45) is 0. The van der Waals surface area contributed by atoms with Gasteiger partial charge in [-0.2, -0.15) is 0 Å². The quantitative estimate of drug-likeness (QED) is 0.168. The van der Waals surface area contributed by atoms with Gasteiger partial charge in [0.15, 0.2) is 23.1 Å². The molecule has 2 aromatic heterocycles. The SMILES string of the molecule is CC1(C)c2ccccc2-c2ccc(-c3nc(-c4ccc5ccccc5c4)nc(-c4ccc5c(ccc6ccc7ccc8nc(-c9ccccc9)oc8c7c65)c4)n3)cc21. The maximum absolute atomic E-state index is 6.58. The minimum atomic E-state index is -0.148. The Hall–Kier alpha value is -7.50. The van der Waals surface area contributed by atoms with Crippen molar-refractivity contribution in [1.29, 1.82) is 0 Å². The van der Waals surface area contributed by atoms with Crippen LogP contribution >= 0.6 is 0 Å². The minimum absolute atomic E-state index is 0.148. The van der Waals surface area contributed by atoms with E-state index in [1.807, 2.05) is 30.3 Å². The monoisotopic (exact) mass is 742 g/mol. The molecule has 9 aromatic carbocycles. The molecule has 58 heavy (non-hydrogen) atoms. The Morgan fingerprint density at radius 2 is 0.966 bits per heavy atom. The van der Waals surface area contributed by atoms with Gasteiger partial charge in [-0.3, -0.25) is 0 Å². The highest BCUT2D eigenvalue weighted by Crippen LogP contribution is 2.49. The van der Waals surface area contributed by atoms with Crippen LogP contribution in [0.2, 0.25) is 0 Å². The third-order valence-corrected chi connectivity index (χ3v) is 12.1. The largest absolute Gasteiger partial charge is 0.435 e. The first-order valence-electron chi connectivity index (χ1n) is 19.7. The van der Waals surface area contributed by atoms with Gasteiger partial charge in [-0.1, -0.05) is 147 Å². The molecule has 0 fully saturated rings. The van der Waals surface area contributed by atoms with Gasteiger partial charge < -0.3 is 4.42 Å². The molecule has 272 valence electrons. The maximum atomic E-state index is 6.58. The Bertz CT molecular complexity index is 3490. The Balaban J connectivity index is 1.05. The number of fused-ring (bicyclic) bond motifs is 11. The molecule has 0 radical (unpaired) electrons. The molecule has 1 aliphatic rings. The number of hydrogen-bond acceptors (Lipinski definition) is 5. The van der Waals surface area contributed by atoms with Crippen molar-refractivity contribution in [3.8, 4) is 56.7 Å². The van der Waals surface area contributed by atoms with Crippen molar-refractivity contribution in [3.05, 3.63) is 181 Å². The van der Waals surface area contributed by atoms with Crippen molar-refractivity contribution >= 4 is 54.2 Å². The summed E-state index contributed by atoms with van der Waals surface area (Å²) in [5.74, 6) is 2.53. The van der Waals surface area contributed by atoms with Gasteiger partial charge in [0.05, 0.1) is 0 Å². The van der Waals surface area contributed by atoms with E-state index >= 15 is 0 Å². The number of oxazole rings is 1. The van der Waals surface area contributed by atoms with Gasteiger partial charge in [0, 0.05) is 38.4 Å². The van der Waals surface area contributed by atoms with E-state index in [1.54, 1.807) is 0 Å². The topological polar surface area (TPSA) is 64.7 Å². The molecule has 0 aliphatic heterocycles. The zero-order chi connectivity index (χ0) is 38.5. The maximum Gasteiger partial charge on any atom is 0.227 e. The number of hydrogen-bond donors (Lipinski definition) is 0. The van der Waals surface area contributed by atoms with Crippen LogP contribution in [0.5, 0.6) is 0 Å². The van der Waals surface area contributed by atoms with Crippen LogP contribution in [0.1, 0.15) is 25.0 Å². The molecule has 0 spiro atoms. The lowest BCUT2D eigenvalue weighted by molar-refractivity contribution is 0.623. The van der Waals surface area contributed by atoms with Gasteiger partial charge in [0.25, 0.3) is 0 Å². The lowest BCUT2D eigenvalue weighted by atomic mass is 9.82. The summed E-state index contributed by atoms with van der Waals surface area (Å²) in [4.78, 5) is 20.5. The van der Waals surface area contributed by atoms with Crippen molar-refractivity contribution in [1.82, 2.24) is 19.9 Å². The van der Waals surface area contributed by atoms with E-state index in [0.717, 1.165) is 71.1 Å². The van der Waals surface area contributed by atoms with Crippen LogP contribution in [0.3, 0.4) is 0 Å². The van der Waals surface area contributed by atoms with Crippen LogP contribution in [0.25, 0.3) is 111 Å². The number of benzene rings is 9. The van der Waals surface area contributed by atoms with Gasteiger partial charge in [0.1, 0.15) is 5.52 Å². The molecule has 11 aromatic rings. The van der Waals surface area contributed by atoms with Gasteiger partial charge in [-0.25, -0.2) is 19.9 Å². The van der Waals surface area contributed by atoms with Crippen molar-refractivity contribution in [3.63, 3.8) is 0 Å². The predicted octanol–water partition coefficient (Wildman–Crippen LogP) is 13.6. The summed E-state index contributed by atoms with van der Waals surface area (Å²) in [6, 6.07) is 59.8. The fourth-order valence-corrected chi connectivity index (χ4v) is 9.13. The molecule has 0 amide bonds. The number of nitrogens with zero attached hydrogens (tertiary/aromatic N) is 4. The Morgan fingerprint density at radius 1 is 0.397 bits per heavy atom. The van der Waals surface area contributed by atoms with Gasteiger partial charge >= 0.3 is 0 Å². The smallest absolute Gasteiger partial charge is 0.227 e. The first-order chi connectivity index (χ1) is 28.5. The van der Waals surface area contributed by atoms with E-state index in [2.05, 4.69) is 153 Å². The lowest BCUT2D eigenvalue weighted by Crippen LogP contribution is -2.15. The molecule has 0 saturated heterocycles. The average Bonchev–Trinajstić information content (AvgIpc) is 3.82. The zero-order valence-electron chi connectivity index (χ0n) is 31.9. The fourth-order valence-electron chi connectivity index (χ4n) is 9.13. The normalized spacial score (nSPS) is 13.1. The highest BCUT2D eigenvalue weighted by molar-refractivity contribution is 6.26. The van der Waals surface area contributed by atoms with E-state index in [0.29, 0.717) is 23.4 Å². The third-order valence-electron chi connectivity index (χ3n) is 12.1. The van der Waals surface area contributed by atoms with Crippen LogP contribution in [0.15, 0.2) is 174 Å². The summed E-state index contributed by atoms with van der Waals surface area (Å²) in [5.41, 5.74) is 10.4. The molecule has 5 heteroatoms. The van der Waals surface area contributed by atoms with Crippen LogP contribution in [0.4, 0.5) is 0 Å². The van der Waals surface area contributed by atoms with Gasteiger partial charge in [-0.05, 0) is 91.0 Å². The highest BCUT2D eigenvalue weighted by Gasteiger charge is 2.35. The molecule has 0 N–H and O–H groups in total. The number of aromatic nitrogens is 4. The molecule has 0 unspecified atom stereocenters. The summed E-state index contributed by atoms with van der Waals surface area (Å²) in [6.45, 7) is 4.61. The lowest BCUT2D eigenvalue weighted by Gasteiger charge is -2.21. The van der Waals surface area contributed by atoms with E-state index in [4.69, 9.17) is 24.4 Å².